The zero-order valence-corrected chi connectivity index (χ0v) is 12.2. The molecule has 0 aliphatic carbocycles. The Kier molecular flexibility index (Phi) is 4.57. The quantitative estimate of drug-likeness (QED) is 0.907. The molecule has 1 atom stereocenters. The summed E-state index contributed by atoms with van der Waals surface area (Å²) in [5.41, 5.74) is -0.253. The lowest BCUT2D eigenvalue weighted by atomic mass is 10.0. The number of carbonyl (C=O) groups excluding carboxylic acids is 2. The summed E-state index contributed by atoms with van der Waals surface area (Å²) in [7, 11) is 0. The third-order valence-corrected chi connectivity index (χ3v) is 3.57. The number of ether oxygens (including phenoxy) is 1. The Morgan fingerprint density at radius 2 is 2.05 bits per heavy atom. The summed E-state index contributed by atoms with van der Waals surface area (Å²) in [5, 5.41) is 2.76. The Balaban J connectivity index is 1.95. The summed E-state index contributed by atoms with van der Waals surface area (Å²) in [6, 6.07) is 5.92. The van der Waals surface area contributed by atoms with Crippen LogP contribution in [-0.2, 0) is 20.9 Å². The van der Waals surface area contributed by atoms with Crippen molar-refractivity contribution in [3.05, 3.63) is 35.6 Å². The summed E-state index contributed by atoms with van der Waals surface area (Å²) < 4.78 is 18.4. The molecule has 5 nitrogen and oxygen atoms in total. The second kappa shape index (κ2) is 6.22. The van der Waals surface area contributed by atoms with Crippen molar-refractivity contribution >= 4 is 11.8 Å². The van der Waals surface area contributed by atoms with Gasteiger partial charge in [0.2, 0.25) is 5.91 Å². The summed E-state index contributed by atoms with van der Waals surface area (Å²) in [6.07, 6.45) is 0. The zero-order chi connectivity index (χ0) is 15.5. The number of rotatable bonds is 3. The highest BCUT2D eigenvalue weighted by Gasteiger charge is 2.39. The Hall–Kier alpha value is -1.95. The lowest BCUT2D eigenvalue weighted by molar-refractivity contribution is -0.162. The molecule has 2 rings (SSSR count). The number of benzene rings is 1. The topological polar surface area (TPSA) is 58.6 Å². The highest BCUT2D eigenvalue weighted by Crippen LogP contribution is 2.18. The molecule has 0 bridgehead atoms. The van der Waals surface area contributed by atoms with E-state index in [0.717, 1.165) is 5.56 Å². The first kappa shape index (κ1) is 15.4. The van der Waals surface area contributed by atoms with Crippen LogP contribution < -0.4 is 5.32 Å². The van der Waals surface area contributed by atoms with E-state index in [9.17, 15) is 14.0 Å². The normalized spacial score (nSPS) is 22.0. The lowest BCUT2D eigenvalue weighted by Crippen LogP contribution is -2.58. The van der Waals surface area contributed by atoms with Crippen molar-refractivity contribution in [2.45, 2.75) is 26.0 Å². The van der Waals surface area contributed by atoms with Gasteiger partial charge in [0.1, 0.15) is 5.82 Å². The van der Waals surface area contributed by atoms with Crippen molar-refractivity contribution in [2.24, 2.45) is 0 Å². The molecular formula is C15H19FN2O3. The summed E-state index contributed by atoms with van der Waals surface area (Å²) in [5.74, 6) is -0.668. The summed E-state index contributed by atoms with van der Waals surface area (Å²) in [4.78, 5) is 25.3. The third-order valence-electron chi connectivity index (χ3n) is 3.57. The maximum atomic E-state index is 12.8. The van der Waals surface area contributed by atoms with E-state index < -0.39 is 5.60 Å². The van der Waals surface area contributed by atoms with Gasteiger partial charge >= 0.3 is 0 Å². The largest absolute Gasteiger partial charge is 0.362 e. The number of nitrogens with zero attached hydrogens (tertiary/aromatic N) is 1. The molecule has 0 saturated carbocycles. The molecule has 1 saturated heterocycles. The molecule has 1 N–H and O–H groups in total. The Morgan fingerprint density at radius 3 is 2.67 bits per heavy atom. The minimum atomic E-state index is -1.05. The van der Waals surface area contributed by atoms with Crippen LogP contribution in [0.1, 0.15) is 19.4 Å². The molecule has 1 aliphatic rings. The fourth-order valence-electron chi connectivity index (χ4n) is 2.25. The van der Waals surface area contributed by atoms with Crippen LogP contribution in [-0.4, -0.2) is 42.0 Å². The van der Waals surface area contributed by atoms with Crippen molar-refractivity contribution in [1.29, 1.82) is 0 Å². The maximum absolute atomic E-state index is 12.8. The van der Waals surface area contributed by atoms with Gasteiger partial charge in [-0.3, -0.25) is 9.59 Å². The molecule has 1 fully saturated rings. The van der Waals surface area contributed by atoms with E-state index in [1.54, 1.807) is 24.0 Å². The highest BCUT2D eigenvalue weighted by molar-refractivity contribution is 5.86. The van der Waals surface area contributed by atoms with E-state index >= 15 is 0 Å². The van der Waals surface area contributed by atoms with Gasteiger partial charge in [0, 0.05) is 20.0 Å². The number of morpholine rings is 1. The van der Waals surface area contributed by atoms with Gasteiger partial charge in [0.15, 0.2) is 5.60 Å². The molecule has 6 heteroatoms. The van der Waals surface area contributed by atoms with Crippen LogP contribution >= 0.6 is 0 Å². The summed E-state index contributed by atoms with van der Waals surface area (Å²) >= 11 is 0. The molecule has 21 heavy (non-hydrogen) atoms. The Bertz CT molecular complexity index is 532. The first-order valence-electron chi connectivity index (χ1n) is 6.83. The lowest BCUT2D eigenvalue weighted by Gasteiger charge is -2.38. The first-order chi connectivity index (χ1) is 9.90. The van der Waals surface area contributed by atoms with E-state index in [-0.39, 0.29) is 30.7 Å². The first-order valence-corrected chi connectivity index (χ1v) is 6.83. The minimum Gasteiger partial charge on any atom is -0.362 e. The van der Waals surface area contributed by atoms with Crippen LogP contribution in [0.25, 0.3) is 0 Å². The standard InChI is InChI=1S/C15H19FN2O3/c1-11(19)18-7-8-21-15(2,10-18)14(20)17-9-12-3-5-13(16)6-4-12/h3-6H,7-10H2,1-2H3,(H,17,20). The molecule has 1 unspecified atom stereocenters. The fraction of sp³-hybridized carbons (Fsp3) is 0.467. The van der Waals surface area contributed by atoms with Crippen molar-refractivity contribution in [1.82, 2.24) is 10.2 Å². The van der Waals surface area contributed by atoms with E-state index in [0.29, 0.717) is 13.2 Å². The van der Waals surface area contributed by atoms with Crippen LogP contribution in [0.3, 0.4) is 0 Å². The molecule has 0 aromatic heterocycles. The average molecular weight is 294 g/mol. The van der Waals surface area contributed by atoms with Gasteiger partial charge < -0.3 is 15.0 Å². The predicted molar refractivity (Wildman–Crippen MR) is 74.9 cm³/mol. The van der Waals surface area contributed by atoms with Crippen LogP contribution in [0.4, 0.5) is 4.39 Å². The van der Waals surface area contributed by atoms with Crippen LogP contribution in [0.2, 0.25) is 0 Å². The SMILES string of the molecule is CC(=O)N1CCOC(C)(C(=O)NCc2ccc(F)cc2)C1. The number of halogens is 1. The molecule has 2 amide bonds. The highest BCUT2D eigenvalue weighted by atomic mass is 19.1. The van der Waals surface area contributed by atoms with E-state index in [2.05, 4.69) is 5.32 Å². The average Bonchev–Trinajstić information content (AvgIpc) is 2.46. The van der Waals surface area contributed by atoms with Crippen LogP contribution in [0, 0.1) is 5.82 Å². The van der Waals surface area contributed by atoms with Crippen molar-refractivity contribution in [3.8, 4) is 0 Å². The molecule has 0 radical (unpaired) electrons. The Morgan fingerprint density at radius 1 is 1.38 bits per heavy atom. The van der Waals surface area contributed by atoms with Crippen molar-refractivity contribution in [2.75, 3.05) is 19.7 Å². The summed E-state index contributed by atoms with van der Waals surface area (Å²) in [6.45, 7) is 4.50. The van der Waals surface area contributed by atoms with Gasteiger partial charge in [-0.25, -0.2) is 4.39 Å². The number of amides is 2. The van der Waals surface area contributed by atoms with E-state index in [1.165, 1.54) is 19.1 Å². The van der Waals surface area contributed by atoms with Gasteiger partial charge in [-0.1, -0.05) is 12.1 Å². The van der Waals surface area contributed by atoms with Crippen LogP contribution in [0.5, 0.6) is 0 Å². The number of nitrogens with one attached hydrogen (secondary N) is 1. The monoisotopic (exact) mass is 294 g/mol. The van der Waals surface area contributed by atoms with Gasteiger partial charge in [-0.2, -0.15) is 0 Å². The molecule has 0 spiro atoms. The van der Waals surface area contributed by atoms with E-state index in [1.807, 2.05) is 0 Å². The zero-order valence-electron chi connectivity index (χ0n) is 12.2. The van der Waals surface area contributed by atoms with Gasteiger partial charge in [-0.15, -0.1) is 0 Å². The second-order valence-corrected chi connectivity index (χ2v) is 5.33. The van der Waals surface area contributed by atoms with Crippen molar-refractivity contribution < 1.29 is 18.7 Å². The smallest absolute Gasteiger partial charge is 0.254 e. The van der Waals surface area contributed by atoms with Crippen LogP contribution in [0.15, 0.2) is 24.3 Å². The number of hydrogen-bond donors (Lipinski definition) is 1. The Labute approximate surface area is 123 Å². The van der Waals surface area contributed by atoms with E-state index in [4.69, 9.17) is 4.74 Å². The molecule has 114 valence electrons. The predicted octanol–water partition coefficient (Wildman–Crippen LogP) is 1.08. The molecule has 1 aliphatic heterocycles. The maximum Gasteiger partial charge on any atom is 0.254 e. The second-order valence-electron chi connectivity index (χ2n) is 5.33. The van der Waals surface area contributed by atoms with Gasteiger partial charge in [-0.05, 0) is 24.6 Å². The van der Waals surface area contributed by atoms with Gasteiger partial charge in [0.25, 0.3) is 5.91 Å². The van der Waals surface area contributed by atoms with Gasteiger partial charge in [0.05, 0.1) is 13.2 Å². The fourth-order valence-corrected chi connectivity index (χ4v) is 2.25. The molecular weight excluding hydrogens is 275 g/mol. The molecule has 1 aromatic carbocycles. The van der Waals surface area contributed by atoms with Crippen molar-refractivity contribution in [3.63, 3.8) is 0 Å². The molecule has 1 heterocycles. The number of hydrogen-bond acceptors (Lipinski definition) is 3. The molecule has 1 aromatic rings. The minimum absolute atomic E-state index is 0.0733. The third kappa shape index (κ3) is 3.78. The number of carbonyl (C=O) groups is 2.